The molecule has 11 heavy (non-hydrogen) atoms. The molecule has 0 aliphatic rings. The largest absolute Gasteiger partial charge is 0.390 e. The Kier molecular flexibility index (Phi) is 8.63. The lowest BCUT2D eigenvalue weighted by atomic mass is 10.0. The van der Waals surface area contributed by atoms with Crippen molar-refractivity contribution in [1.29, 1.82) is 0 Å². The second kappa shape index (κ2) is 6.89. The van der Waals surface area contributed by atoms with E-state index in [1.807, 2.05) is 13.8 Å². The molecule has 0 rings (SSSR count). The monoisotopic (exact) mass is 181 g/mol. The molecule has 0 amide bonds. The molecule has 0 aromatic heterocycles. The van der Waals surface area contributed by atoms with Gasteiger partial charge in [0.1, 0.15) is 0 Å². The van der Waals surface area contributed by atoms with E-state index in [0.29, 0.717) is 0 Å². The first-order valence-corrected chi connectivity index (χ1v) is 3.99. The van der Waals surface area contributed by atoms with E-state index in [0.717, 1.165) is 32.2 Å². The molecule has 70 valence electrons. The Morgan fingerprint density at radius 3 is 2.09 bits per heavy atom. The van der Waals surface area contributed by atoms with E-state index in [-0.39, 0.29) is 12.4 Å². The van der Waals surface area contributed by atoms with E-state index >= 15 is 0 Å². The minimum Gasteiger partial charge on any atom is -0.390 e. The fraction of sp³-hybridized carbons (Fsp3) is 1.00. The predicted molar refractivity (Wildman–Crippen MR) is 51.1 cm³/mol. The Morgan fingerprint density at radius 1 is 1.18 bits per heavy atom. The van der Waals surface area contributed by atoms with Gasteiger partial charge in [0, 0.05) is 0 Å². The Labute approximate surface area is 75.6 Å². The van der Waals surface area contributed by atoms with Crippen molar-refractivity contribution < 1.29 is 5.11 Å². The maximum Gasteiger partial charge on any atom is 0.0591 e. The summed E-state index contributed by atoms with van der Waals surface area (Å²) >= 11 is 0. The van der Waals surface area contributed by atoms with Crippen molar-refractivity contribution in [2.24, 2.45) is 5.73 Å². The van der Waals surface area contributed by atoms with Crippen LogP contribution in [0.4, 0.5) is 0 Å². The van der Waals surface area contributed by atoms with Crippen molar-refractivity contribution in [2.45, 2.75) is 45.1 Å². The van der Waals surface area contributed by atoms with Gasteiger partial charge in [-0.05, 0) is 33.2 Å². The van der Waals surface area contributed by atoms with Crippen molar-refractivity contribution in [3.8, 4) is 0 Å². The molecule has 0 radical (unpaired) electrons. The standard InChI is InChI=1S/C8H19NO.ClH/c1-8(2,10)6-4-3-5-7-9;/h10H,3-7,9H2,1-2H3;1H. The molecule has 0 aliphatic carbocycles. The molecule has 0 saturated heterocycles. The van der Waals surface area contributed by atoms with Crippen molar-refractivity contribution >= 4 is 12.4 Å². The van der Waals surface area contributed by atoms with Gasteiger partial charge < -0.3 is 10.8 Å². The average Bonchev–Trinajstić information content (AvgIpc) is 1.78. The first-order chi connectivity index (χ1) is 4.56. The molecule has 2 nitrogen and oxygen atoms in total. The number of halogens is 1. The number of nitrogens with two attached hydrogens (primary N) is 1. The van der Waals surface area contributed by atoms with Crippen LogP contribution in [0.5, 0.6) is 0 Å². The summed E-state index contributed by atoms with van der Waals surface area (Å²) in [5.41, 5.74) is 4.82. The van der Waals surface area contributed by atoms with Gasteiger partial charge in [-0.2, -0.15) is 0 Å². The Hall–Kier alpha value is 0.210. The first kappa shape index (κ1) is 13.8. The summed E-state index contributed by atoms with van der Waals surface area (Å²) in [6, 6.07) is 0. The van der Waals surface area contributed by atoms with Gasteiger partial charge in [-0.15, -0.1) is 12.4 Å². The van der Waals surface area contributed by atoms with Crippen LogP contribution in [0.25, 0.3) is 0 Å². The SMILES string of the molecule is CC(C)(O)CCCCCN.Cl. The molecule has 3 N–H and O–H groups in total. The van der Waals surface area contributed by atoms with Crippen LogP contribution < -0.4 is 5.73 Å². The minimum atomic E-state index is -0.491. The van der Waals surface area contributed by atoms with Crippen LogP contribution in [0.1, 0.15) is 39.5 Å². The lowest BCUT2D eigenvalue weighted by Gasteiger charge is -2.15. The molecule has 0 unspecified atom stereocenters. The first-order valence-electron chi connectivity index (χ1n) is 3.99. The highest BCUT2D eigenvalue weighted by atomic mass is 35.5. The molecule has 0 spiro atoms. The van der Waals surface area contributed by atoms with E-state index in [9.17, 15) is 5.11 Å². The lowest BCUT2D eigenvalue weighted by Crippen LogP contribution is -2.17. The van der Waals surface area contributed by atoms with Crippen LogP contribution in [-0.2, 0) is 0 Å². The van der Waals surface area contributed by atoms with Gasteiger partial charge in [-0.1, -0.05) is 12.8 Å². The zero-order chi connectivity index (χ0) is 8.04. The van der Waals surface area contributed by atoms with E-state index in [1.165, 1.54) is 0 Å². The van der Waals surface area contributed by atoms with Crippen LogP contribution in [0.3, 0.4) is 0 Å². The quantitative estimate of drug-likeness (QED) is 0.635. The zero-order valence-corrected chi connectivity index (χ0v) is 8.28. The maximum absolute atomic E-state index is 9.29. The van der Waals surface area contributed by atoms with Gasteiger partial charge in [0.2, 0.25) is 0 Å². The Morgan fingerprint density at radius 2 is 1.73 bits per heavy atom. The normalized spacial score (nSPS) is 10.9. The molecule has 0 heterocycles. The Balaban J connectivity index is 0. The third-order valence-corrected chi connectivity index (χ3v) is 1.49. The second-order valence-electron chi connectivity index (χ2n) is 3.41. The van der Waals surface area contributed by atoms with E-state index in [4.69, 9.17) is 5.73 Å². The van der Waals surface area contributed by atoms with Crippen molar-refractivity contribution in [3.63, 3.8) is 0 Å². The zero-order valence-electron chi connectivity index (χ0n) is 7.47. The fourth-order valence-corrected chi connectivity index (χ4v) is 0.879. The number of rotatable bonds is 5. The van der Waals surface area contributed by atoms with Crippen molar-refractivity contribution in [1.82, 2.24) is 0 Å². The molecule has 0 bridgehead atoms. The minimum absolute atomic E-state index is 0. The third kappa shape index (κ3) is 13.2. The fourth-order valence-electron chi connectivity index (χ4n) is 0.879. The summed E-state index contributed by atoms with van der Waals surface area (Å²) in [4.78, 5) is 0. The summed E-state index contributed by atoms with van der Waals surface area (Å²) in [5.74, 6) is 0. The molecule has 0 aromatic rings. The van der Waals surface area contributed by atoms with Crippen LogP contribution >= 0.6 is 12.4 Å². The van der Waals surface area contributed by atoms with Crippen LogP contribution in [0.2, 0.25) is 0 Å². The van der Waals surface area contributed by atoms with Gasteiger partial charge in [0.05, 0.1) is 5.60 Å². The van der Waals surface area contributed by atoms with Gasteiger partial charge in [-0.3, -0.25) is 0 Å². The highest BCUT2D eigenvalue weighted by Crippen LogP contribution is 2.12. The third-order valence-electron chi connectivity index (χ3n) is 1.49. The summed E-state index contributed by atoms with van der Waals surface area (Å²) in [6.45, 7) is 4.46. The highest BCUT2D eigenvalue weighted by Gasteiger charge is 2.10. The number of hydrogen-bond donors (Lipinski definition) is 2. The highest BCUT2D eigenvalue weighted by molar-refractivity contribution is 5.85. The predicted octanol–water partition coefficient (Wildman–Crippen LogP) is 1.70. The van der Waals surface area contributed by atoms with Gasteiger partial charge >= 0.3 is 0 Å². The molecule has 0 fully saturated rings. The average molecular weight is 182 g/mol. The van der Waals surface area contributed by atoms with Gasteiger partial charge in [-0.25, -0.2) is 0 Å². The summed E-state index contributed by atoms with van der Waals surface area (Å²) in [6.07, 6.45) is 4.18. The summed E-state index contributed by atoms with van der Waals surface area (Å²) in [7, 11) is 0. The smallest absolute Gasteiger partial charge is 0.0591 e. The molecular formula is C8H20ClNO. The van der Waals surface area contributed by atoms with E-state index in [2.05, 4.69) is 0 Å². The van der Waals surface area contributed by atoms with E-state index in [1.54, 1.807) is 0 Å². The number of unbranched alkanes of at least 4 members (excludes halogenated alkanes) is 2. The molecule has 3 heteroatoms. The molecule has 0 aliphatic heterocycles. The summed E-state index contributed by atoms with van der Waals surface area (Å²) < 4.78 is 0. The molecule has 0 aromatic carbocycles. The number of hydrogen-bond acceptors (Lipinski definition) is 2. The second-order valence-corrected chi connectivity index (χ2v) is 3.41. The van der Waals surface area contributed by atoms with Crippen LogP contribution in [-0.4, -0.2) is 17.3 Å². The van der Waals surface area contributed by atoms with Gasteiger partial charge in [0.15, 0.2) is 0 Å². The summed E-state index contributed by atoms with van der Waals surface area (Å²) in [5, 5.41) is 9.29. The molecule has 0 saturated carbocycles. The number of aliphatic hydroxyl groups is 1. The molecular weight excluding hydrogens is 162 g/mol. The van der Waals surface area contributed by atoms with Crippen LogP contribution in [0, 0.1) is 0 Å². The van der Waals surface area contributed by atoms with Crippen molar-refractivity contribution in [2.75, 3.05) is 6.54 Å². The topological polar surface area (TPSA) is 46.2 Å². The van der Waals surface area contributed by atoms with E-state index < -0.39 is 5.60 Å². The Bertz CT molecular complexity index is 80.7. The van der Waals surface area contributed by atoms with Crippen molar-refractivity contribution in [3.05, 3.63) is 0 Å². The van der Waals surface area contributed by atoms with Gasteiger partial charge in [0.25, 0.3) is 0 Å². The maximum atomic E-state index is 9.29. The lowest BCUT2D eigenvalue weighted by molar-refractivity contribution is 0.0681. The molecule has 0 atom stereocenters. The van der Waals surface area contributed by atoms with Crippen LogP contribution in [0.15, 0.2) is 0 Å².